The molecule has 1 aliphatic carbocycles. The van der Waals surface area contributed by atoms with E-state index in [1.807, 2.05) is 0 Å². The summed E-state index contributed by atoms with van der Waals surface area (Å²) in [6.45, 7) is 4.25. The summed E-state index contributed by atoms with van der Waals surface area (Å²) in [5.74, 6) is 0.00823. The van der Waals surface area contributed by atoms with E-state index in [0.29, 0.717) is 12.3 Å². The molecule has 0 radical (unpaired) electrons. The van der Waals surface area contributed by atoms with Gasteiger partial charge in [-0.3, -0.25) is 14.9 Å². The number of rotatable bonds is 4. The van der Waals surface area contributed by atoms with Crippen molar-refractivity contribution in [3.05, 3.63) is 0 Å². The second kappa shape index (κ2) is 5.19. The van der Waals surface area contributed by atoms with Gasteiger partial charge in [-0.05, 0) is 31.6 Å². The summed E-state index contributed by atoms with van der Waals surface area (Å²) in [5.41, 5.74) is -0.0836. The Morgan fingerprint density at radius 1 is 1.42 bits per heavy atom. The third-order valence-electron chi connectivity index (χ3n) is 3.58. The van der Waals surface area contributed by atoms with E-state index in [4.69, 9.17) is 0 Å². The average molecular weight is 267 g/mol. The summed E-state index contributed by atoms with van der Waals surface area (Å²) in [6, 6.07) is -1.20. The van der Waals surface area contributed by atoms with Crippen molar-refractivity contribution in [3.8, 4) is 0 Å². The van der Waals surface area contributed by atoms with Crippen molar-refractivity contribution < 1.29 is 14.4 Å². The predicted molar refractivity (Wildman–Crippen MR) is 69.3 cm³/mol. The first kappa shape index (κ1) is 13.8. The van der Waals surface area contributed by atoms with Gasteiger partial charge in [0.1, 0.15) is 6.04 Å². The first-order chi connectivity index (χ1) is 8.90. The van der Waals surface area contributed by atoms with Crippen molar-refractivity contribution in [1.82, 2.24) is 16.0 Å². The quantitative estimate of drug-likeness (QED) is 0.699. The zero-order valence-corrected chi connectivity index (χ0v) is 11.4. The van der Waals surface area contributed by atoms with E-state index < -0.39 is 12.1 Å². The summed E-state index contributed by atoms with van der Waals surface area (Å²) in [6.07, 6.45) is 3.48. The molecular weight excluding hydrogens is 246 g/mol. The first-order valence-electron chi connectivity index (χ1n) is 6.83. The van der Waals surface area contributed by atoms with Crippen LogP contribution in [0.2, 0.25) is 0 Å². The molecule has 6 heteroatoms. The molecular formula is C13H21N3O3. The molecule has 0 aromatic carbocycles. The fraction of sp³-hybridized carbons (Fsp3) is 0.769. The summed E-state index contributed by atoms with van der Waals surface area (Å²) in [5, 5.41) is 7.74. The molecule has 2 rings (SSSR count). The topological polar surface area (TPSA) is 87.3 Å². The number of carbonyl (C=O) groups excluding carboxylic acids is 3. The highest BCUT2D eigenvalue weighted by atomic mass is 16.2. The maximum absolute atomic E-state index is 12.2. The molecule has 1 heterocycles. The van der Waals surface area contributed by atoms with Gasteiger partial charge in [-0.25, -0.2) is 4.79 Å². The Morgan fingerprint density at radius 3 is 2.68 bits per heavy atom. The largest absolute Gasteiger partial charge is 0.349 e. The fourth-order valence-electron chi connectivity index (χ4n) is 2.59. The van der Waals surface area contributed by atoms with Crippen molar-refractivity contribution in [2.45, 2.75) is 57.5 Å². The van der Waals surface area contributed by atoms with Crippen molar-refractivity contribution >= 4 is 17.8 Å². The van der Waals surface area contributed by atoms with Crippen LogP contribution in [0.5, 0.6) is 0 Å². The molecule has 1 aliphatic heterocycles. The Bertz CT molecular complexity index is 402. The van der Waals surface area contributed by atoms with Gasteiger partial charge in [0.15, 0.2) is 0 Å². The maximum atomic E-state index is 12.2. The SMILES string of the molecule is CC(C)CC1(NC(=O)[C@H]2CCC(=O)NC(=O)N2)CC1. The van der Waals surface area contributed by atoms with Gasteiger partial charge >= 0.3 is 6.03 Å². The van der Waals surface area contributed by atoms with E-state index in [-0.39, 0.29) is 23.8 Å². The number of carbonyl (C=O) groups is 3. The molecule has 1 saturated carbocycles. The number of hydrogen-bond acceptors (Lipinski definition) is 3. The fourth-order valence-corrected chi connectivity index (χ4v) is 2.59. The van der Waals surface area contributed by atoms with Gasteiger partial charge in [0.2, 0.25) is 11.8 Å². The highest BCUT2D eigenvalue weighted by Crippen LogP contribution is 2.41. The second-order valence-corrected chi connectivity index (χ2v) is 5.98. The highest BCUT2D eigenvalue weighted by Gasteiger charge is 2.45. The molecule has 0 bridgehead atoms. The van der Waals surface area contributed by atoms with E-state index in [0.717, 1.165) is 19.3 Å². The molecule has 0 aromatic rings. The van der Waals surface area contributed by atoms with Crippen LogP contribution in [0, 0.1) is 5.92 Å². The van der Waals surface area contributed by atoms with E-state index in [1.54, 1.807) is 0 Å². The molecule has 1 saturated heterocycles. The number of amides is 4. The third kappa shape index (κ3) is 3.68. The minimum atomic E-state index is -0.615. The van der Waals surface area contributed by atoms with Gasteiger partial charge < -0.3 is 10.6 Å². The molecule has 0 unspecified atom stereocenters. The lowest BCUT2D eigenvalue weighted by atomic mass is 10.0. The minimum absolute atomic E-state index is 0.0836. The molecule has 1 atom stereocenters. The Hall–Kier alpha value is -1.59. The van der Waals surface area contributed by atoms with Crippen molar-refractivity contribution in [3.63, 3.8) is 0 Å². The average Bonchev–Trinajstić information content (AvgIpc) is 3.03. The van der Waals surface area contributed by atoms with Crippen LogP contribution in [0.1, 0.15) is 46.0 Å². The smallest absolute Gasteiger partial charge is 0.322 e. The Labute approximate surface area is 112 Å². The van der Waals surface area contributed by atoms with Crippen LogP contribution in [-0.2, 0) is 9.59 Å². The van der Waals surface area contributed by atoms with Gasteiger partial charge in [0.25, 0.3) is 0 Å². The third-order valence-corrected chi connectivity index (χ3v) is 3.58. The normalized spacial score (nSPS) is 25.3. The molecule has 2 aliphatic rings. The van der Waals surface area contributed by atoms with Crippen molar-refractivity contribution in [2.75, 3.05) is 0 Å². The van der Waals surface area contributed by atoms with Crippen LogP contribution >= 0.6 is 0 Å². The van der Waals surface area contributed by atoms with Crippen LogP contribution in [-0.4, -0.2) is 29.4 Å². The van der Waals surface area contributed by atoms with Crippen LogP contribution in [0.25, 0.3) is 0 Å². The van der Waals surface area contributed by atoms with Crippen LogP contribution < -0.4 is 16.0 Å². The molecule has 6 nitrogen and oxygen atoms in total. The number of nitrogens with one attached hydrogen (secondary N) is 3. The molecule has 2 fully saturated rings. The van der Waals surface area contributed by atoms with Gasteiger partial charge in [-0.1, -0.05) is 13.8 Å². The van der Waals surface area contributed by atoms with Crippen LogP contribution in [0.3, 0.4) is 0 Å². The summed E-state index contributed by atoms with van der Waals surface area (Å²) in [7, 11) is 0. The van der Waals surface area contributed by atoms with Crippen molar-refractivity contribution in [1.29, 1.82) is 0 Å². The van der Waals surface area contributed by atoms with E-state index >= 15 is 0 Å². The Kier molecular flexibility index (Phi) is 3.78. The lowest BCUT2D eigenvalue weighted by Gasteiger charge is -2.23. The van der Waals surface area contributed by atoms with Gasteiger partial charge in [0, 0.05) is 12.0 Å². The zero-order chi connectivity index (χ0) is 14.0. The second-order valence-electron chi connectivity index (χ2n) is 5.98. The predicted octanol–water partition coefficient (Wildman–Crippen LogP) is 0.670. The Balaban J connectivity index is 1.92. The van der Waals surface area contributed by atoms with E-state index in [9.17, 15) is 14.4 Å². The van der Waals surface area contributed by atoms with E-state index in [2.05, 4.69) is 29.8 Å². The maximum Gasteiger partial charge on any atom is 0.322 e. The van der Waals surface area contributed by atoms with Crippen LogP contribution in [0.15, 0.2) is 0 Å². The molecule has 0 aromatic heterocycles. The molecule has 19 heavy (non-hydrogen) atoms. The van der Waals surface area contributed by atoms with Crippen LogP contribution in [0.4, 0.5) is 4.79 Å². The van der Waals surface area contributed by atoms with Gasteiger partial charge in [-0.15, -0.1) is 0 Å². The standard InChI is InChI=1S/C13H21N3O3/c1-8(2)7-13(5-6-13)16-11(18)9-3-4-10(17)15-12(19)14-9/h8-9H,3-7H2,1-2H3,(H,16,18)(H2,14,15,17,19)/t9-/m1/s1. The molecule has 106 valence electrons. The minimum Gasteiger partial charge on any atom is -0.349 e. The number of imide groups is 1. The molecule has 4 amide bonds. The summed E-state index contributed by atoms with van der Waals surface area (Å²) in [4.78, 5) is 34.7. The number of hydrogen-bond donors (Lipinski definition) is 3. The zero-order valence-electron chi connectivity index (χ0n) is 11.4. The molecule has 3 N–H and O–H groups in total. The lowest BCUT2D eigenvalue weighted by Crippen LogP contribution is -2.51. The summed E-state index contributed by atoms with van der Waals surface area (Å²) < 4.78 is 0. The molecule has 0 spiro atoms. The summed E-state index contributed by atoms with van der Waals surface area (Å²) >= 11 is 0. The monoisotopic (exact) mass is 267 g/mol. The van der Waals surface area contributed by atoms with Gasteiger partial charge in [0.05, 0.1) is 0 Å². The number of urea groups is 1. The highest BCUT2D eigenvalue weighted by molar-refractivity contribution is 5.98. The first-order valence-corrected chi connectivity index (χ1v) is 6.83. The van der Waals surface area contributed by atoms with Gasteiger partial charge in [-0.2, -0.15) is 0 Å². The Morgan fingerprint density at radius 2 is 2.11 bits per heavy atom. The van der Waals surface area contributed by atoms with E-state index in [1.165, 1.54) is 0 Å². The lowest BCUT2D eigenvalue weighted by molar-refractivity contribution is -0.124. The van der Waals surface area contributed by atoms with Crippen molar-refractivity contribution in [2.24, 2.45) is 5.92 Å².